The monoisotopic (exact) mass is 290 g/mol. The molecule has 1 aromatic rings. The predicted octanol–water partition coefficient (Wildman–Crippen LogP) is 2.20. The number of alkyl carbamates (subject to hydrolysis) is 1. The molecule has 6 nitrogen and oxygen atoms in total. The lowest BCUT2D eigenvalue weighted by Gasteiger charge is -2.22. The van der Waals surface area contributed by atoms with E-state index in [1.165, 1.54) is 4.90 Å². The van der Waals surface area contributed by atoms with Crippen LogP contribution in [0.1, 0.15) is 24.8 Å². The maximum Gasteiger partial charge on any atom is 0.407 e. The summed E-state index contributed by atoms with van der Waals surface area (Å²) in [5.41, 5.74) is 0.924. The first-order valence-electron chi connectivity index (χ1n) is 7.13. The Hall–Kier alpha value is -2.24. The van der Waals surface area contributed by atoms with Crippen molar-refractivity contribution in [2.45, 2.75) is 44.0 Å². The van der Waals surface area contributed by atoms with Crippen molar-refractivity contribution in [1.82, 2.24) is 10.2 Å². The molecule has 2 N–H and O–H groups in total. The van der Waals surface area contributed by atoms with Crippen molar-refractivity contribution < 1.29 is 19.4 Å². The van der Waals surface area contributed by atoms with Crippen LogP contribution in [0, 0.1) is 0 Å². The third kappa shape index (κ3) is 2.79. The van der Waals surface area contributed by atoms with Gasteiger partial charge in [0.1, 0.15) is 6.61 Å². The molecule has 1 aromatic carbocycles. The van der Waals surface area contributed by atoms with Crippen LogP contribution in [0.15, 0.2) is 30.3 Å². The number of hydrogen-bond donors (Lipinski definition) is 2. The summed E-state index contributed by atoms with van der Waals surface area (Å²) in [5, 5.41) is 12.0. The van der Waals surface area contributed by atoms with Gasteiger partial charge < -0.3 is 20.1 Å². The van der Waals surface area contributed by atoms with Crippen molar-refractivity contribution in [3.8, 4) is 0 Å². The fourth-order valence-corrected chi connectivity index (χ4v) is 3.36. The van der Waals surface area contributed by atoms with Crippen LogP contribution < -0.4 is 5.32 Å². The van der Waals surface area contributed by atoms with Gasteiger partial charge in [0.15, 0.2) is 0 Å². The maximum absolute atomic E-state index is 11.8. The minimum Gasteiger partial charge on any atom is -0.465 e. The molecule has 2 bridgehead atoms. The Kier molecular flexibility index (Phi) is 3.68. The van der Waals surface area contributed by atoms with Crippen LogP contribution in [0.3, 0.4) is 0 Å². The number of amides is 2. The van der Waals surface area contributed by atoms with Crippen molar-refractivity contribution >= 4 is 12.2 Å². The molecule has 6 heteroatoms. The standard InChI is InChI=1S/C15H18N2O4/c18-14(21-9-10-4-2-1-3-5-10)16-12-8-11-6-7-13(12)17(11)15(19)20/h1-5,11-13H,6-9H2,(H,16,18)(H,19,20). The van der Waals surface area contributed by atoms with Gasteiger partial charge in [0.2, 0.25) is 0 Å². The summed E-state index contributed by atoms with van der Waals surface area (Å²) < 4.78 is 5.18. The van der Waals surface area contributed by atoms with Gasteiger partial charge in [0.25, 0.3) is 0 Å². The normalized spacial score (nSPS) is 26.7. The van der Waals surface area contributed by atoms with E-state index in [9.17, 15) is 14.7 Å². The van der Waals surface area contributed by atoms with E-state index in [1.54, 1.807) is 0 Å². The predicted molar refractivity (Wildman–Crippen MR) is 74.8 cm³/mol. The van der Waals surface area contributed by atoms with Crippen LogP contribution in [0.25, 0.3) is 0 Å². The summed E-state index contributed by atoms with van der Waals surface area (Å²) in [5.74, 6) is 0. The topological polar surface area (TPSA) is 78.9 Å². The van der Waals surface area contributed by atoms with E-state index in [-0.39, 0.29) is 24.7 Å². The SMILES string of the molecule is O=C(NC1CC2CCC1N2C(=O)O)OCc1ccccc1. The van der Waals surface area contributed by atoms with Crippen molar-refractivity contribution in [2.75, 3.05) is 0 Å². The molecule has 0 aliphatic carbocycles. The van der Waals surface area contributed by atoms with Crippen molar-refractivity contribution in [3.63, 3.8) is 0 Å². The summed E-state index contributed by atoms with van der Waals surface area (Å²) in [7, 11) is 0. The lowest BCUT2D eigenvalue weighted by atomic mass is 9.96. The third-order valence-electron chi connectivity index (χ3n) is 4.27. The number of ether oxygens (including phenoxy) is 1. The molecule has 0 aromatic heterocycles. The van der Waals surface area contributed by atoms with E-state index in [1.807, 2.05) is 30.3 Å². The number of carbonyl (C=O) groups excluding carboxylic acids is 1. The van der Waals surface area contributed by atoms with Crippen LogP contribution >= 0.6 is 0 Å². The second-order valence-electron chi connectivity index (χ2n) is 5.54. The van der Waals surface area contributed by atoms with Crippen molar-refractivity contribution in [3.05, 3.63) is 35.9 Å². The van der Waals surface area contributed by atoms with E-state index in [0.717, 1.165) is 18.4 Å². The molecule has 112 valence electrons. The Labute approximate surface area is 122 Å². The maximum atomic E-state index is 11.8. The largest absolute Gasteiger partial charge is 0.465 e. The molecule has 3 unspecified atom stereocenters. The molecule has 2 heterocycles. The second-order valence-corrected chi connectivity index (χ2v) is 5.54. The molecule has 21 heavy (non-hydrogen) atoms. The second kappa shape index (κ2) is 5.63. The summed E-state index contributed by atoms with van der Waals surface area (Å²) in [6.07, 6.45) is 0.984. The molecule has 0 spiro atoms. The zero-order valence-corrected chi connectivity index (χ0v) is 11.6. The Morgan fingerprint density at radius 1 is 1.29 bits per heavy atom. The van der Waals surface area contributed by atoms with E-state index in [2.05, 4.69) is 5.32 Å². The molecule has 2 fully saturated rings. The number of hydrogen-bond acceptors (Lipinski definition) is 3. The first kappa shape index (κ1) is 13.7. The number of carboxylic acid groups (broad SMARTS) is 1. The van der Waals surface area contributed by atoms with E-state index in [4.69, 9.17) is 4.74 Å². The smallest absolute Gasteiger partial charge is 0.407 e. The number of nitrogens with one attached hydrogen (secondary N) is 1. The quantitative estimate of drug-likeness (QED) is 0.894. The van der Waals surface area contributed by atoms with Crippen molar-refractivity contribution in [2.24, 2.45) is 0 Å². The van der Waals surface area contributed by atoms with Gasteiger partial charge in [-0.1, -0.05) is 30.3 Å². The zero-order valence-electron chi connectivity index (χ0n) is 11.6. The lowest BCUT2D eigenvalue weighted by molar-refractivity contribution is 0.126. The Morgan fingerprint density at radius 3 is 2.71 bits per heavy atom. The summed E-state index contributed by atoms with van der Waals surface area (Å²) >= 11 is 0. The molecular weight excluding hydrogens is 272 g/mol. The molecule has 2 aliphatic rings. The molecule has 2 aliphatic heterocycles. The fraction of sp³-hybridized carbons (Fsp3) is 0.467. The van der Waals surface area contributed by atoms with Crippen LogP contribution in [-0.2, 0) is 11.3 Å². The van der Waals surface area contributed by atoms with Crippen LogP contribution in [-0.4, -0.2) is 40.3 Å². The van der Waals surface area contributed by atoms with Gasteiger partial charge >= 0.3 is 12.2 Å². The van der Waals surface area contributed by atoms with Crippen LogP contribution in [0.5, 0.6) is 0 Å². The molecule has 3 rings (SSSR count). The van der Waals surface area contributed by atoms with Gasteiger partial charge in [0, 0.05) is 6.04 Å². The number of carbonyl (C=O) groups is 2. The minimum atomic E-state index is -0.899. The minimum absolute atomic E-state index is 0.0342. The molecule has 2 amide bonds. The first-order valence-corrected chi connectivity index (χ1v) is 7.13. The van der Waals surface area contributed by atoms with Gasteiger partial charge in [-0.15, -0.1) is 0 Å². The van der Waals surface area contributed by atoms with Gasteiger partial charge in [-0.25, -0.2) is 9.59 Å². The van der Waals surface area contributed by atoms with E-state index >= 15 is 0 Å². The van der Waals surface area contributed by atoms with Crippen molar-refractivity contribution in [1.29, 1.82) is 0 Å². The third-order valence-corrected chi connectivity index (χ3v) is 4.27. The number of fused-ring (bicyclic) bond motifs is 2. The zero-order chi connectivity index (χ0) is 14.8. The van der Waals surface area contributed by atoms with Gasteiger partial charge in [-0.05, 0) is 24.8 Å². The van der Waals surface area contributed by atoms with E-state index in [0.29, 0.717) is 6.42 Å². The number of nitrogens with zero attached hydrogens (tertiary/aromatic N) is 1. The average Bonchev–Trinajstić information content (AvgIpc) is 3.04. The highest BCUT2D eigenvalue weighted by molar-refractivity contribution is 5.70. The highest BCUT2D eigenvalue weighted by atomic mass is 16.5. The Bertz CT molecular complexity index is 534. The number of rotatable bonds is 3. The summed E-state index contributed by atoms with van der Waals surface area (Å²) in [6.45, 7) is 0.218. The molecule has 2 saturated heterocycles. The Balaban J connectivity index is 1.51. The lowest BCUT2D eigenvalue weighted by Crippen LogP contribution is -2.45. The highest BCUT2D eigenvalue weighted by Gasteiger charge is 2.49. The highest BCUT2D eigenvalue weighted by Crippen LogP contribution is 2.37. The molecule has 0 radical (unpaired) electrons. The van der Waals surface area contributed by atoms with E-state index < -0.39 is 12.2 Å². The molecular formula is C15H18N2O4. The van der Waals surface area contributed by atoms with Gasteiger partial charge in [0.05, 0.1) is 12.1 Å². The van der Waals surface area contributed by atoms with Gasteiger partial charge in [-0.3, -0.25) is 0 Å². The summed E-state index contributed by atoms with van der Waals surface area (Å²) in [6, 6.07) is 9.23. The number of benzene rings is 1. The summed E-state index contributed by atoms with van der Waals surface area (Å²) in [4.78, 5) is 24.5. The van der Waals surface area contributed by atoms with Crippen LogP contribution in [0.2, 0.25) is 0 Å². The van der Waals surface area contributed by atoms with Crippen LogP contribution in [0.4, 0.5) is 9.59 Å². The fourth-order valence-electron chi connectivity index (χ4n) is 3.36. The Morgan fingerprint density at radius 2 is 2.05 bits per heavy atom. The molecule has 3 atom stereocenters. The first-order chi connectivity index (χ1) is 10.1. The molecule has 0 saturated carbocycles. The van der Waals surface area contributed by atoms with Gasteiger partial charge in [-0.2, -0.15) is 0 Å². The average molecular weight is 290 g/mol.